The van der Waals surface area contributed by atoms with Crippen molar-refractivity contribution in [3.8, 4) is 0 Å². The molecule has 0 saturated carbocycles. The SMILES string of the molecule is CCOCCCNc1nccn1CCc1ccc(F)cc1. The van der Waals surface area contributed by atoms with E-state index in [1.807, 2.05) is 25.3 Å². The number of aromatic nitrogens is 2. The number of nitrogens with zero attached hydrogens (tertiary/aromatic N) is 2. The molecule has 1 aromatic carbocycles. The molecule has 0 saturated heterocycles. The minimum Gasteiger partial charge on any atom is -0.382 e. The van der Waals surface area contributed by atoms with Crippen LogP contribution >= 0.6 is 0 Å². The van der Waals surface area contributed by atoms with Gasteiger partial charge in [0.2, 0.25) is 5.95 Å². The third-order valence-corrected chi connectivity index (χ3v) is 3.22. The molecule has 114 valence electrons. The van der Waals surface area contributed by atoms with Gasteiger partial charge in [-0.1, -0.05) is 12.1 Å². The Bertz CT molecular complexity index is 525. The summed E-state index contributed by atoms with van der Waals surface area (Å²) in [5.41, 5.74) is 1.12. The molecule has 0 aliphatic rings. The van der Waals surface area contributed by atoms with Crippen molar-refractivity contribution >= 4 is 5.95 Å². The zero-order chi connectivity index (χ0) is 14.9. The van der Waals surface area contributed by atoms with E-state index < -0.39 is 0 Å². The predicted octanol–water partition coefficient (Wildman–Crippen LogP) is 3.10. The van der Waals surface area contributed by atoms with Crippen molar-refractivity contribution in [2.45, 2.75) is 26.3 Å². The van der Waals surface area contributed by atoms with Crippen molar-refractivity contribution in [2.24, 2.45) is 0 Å². The molecule has 0 bridgehead atoms. The first kappa shape index (κ1) is 15.5. The van der Waals surface area contributed by atoms with Crippen LogP contribution in [0.2, 0.25) is 0 Å². The van der Waals surface area contributed by atoms with E-state index in [1.165, 1.54) is 12.1 Å². The lowest BCUT2D eigenvalue weighted by Gasteiger charge is -2.10. The highest BCUT2D eigenvalue weighted by molar-refractivity contribution is 5.26. The smallest absolute Gasteiger partial charge is 0.202 e. The summed E-state index contributed by atoms with van der Waals surface area (Å²) in [7, 11) is 0. The second-order valence-electron chi connectivity index (χ2n) is 4.80. The van der Waals surface area contributed by atoms with Gasteiger partial charge in [0.1, 0.15) is 5.82 Å². The highest BCUT2D eigenvalue weighted by Crippen LogP contribution is 2.09. The maximum atomic E-state index is 12.9. The fraction of sp³-hybridized carbons (Fsp3) is 0.438. The molecule has 0 unspecified atom stereocenters. The van der Waals surface area contributed by atoms with Gasteiger partial charge in [0.25, 0.3) is 0 Å². The fourth-order valence-electron chi connectivity index (χ4n) is 2.08. The zero-order valence-corrected chi connectivity index (χ0v) is 12.4. The van der Waals surface area contributed by atoms with Gasteiger partial charge >= 0.3 is 0 Å². The molecule has 5 heteroatoms. The Morgan fingerprint density at radius 2 is 2.10 bits per heavy atom. The van der Waals surface area contributed by atoms with E-state index in [9.17, 15) is 4.39 Å². The minimum atomic E-state index is -0.196. The Kier molecular flexibility index (Phi) is 6.22. The van der Waals surface area contributed by atoms with Gasteiger partial charge in [0.05, 0.1) is 0 Å². The van der Waals surface area contributed by atoms with Crippen molar-refractivity contribution < 1.29 is 9.13 Å². The van der Waals surface area contributed by atoms with Crippen molar-refractivity contribution in [2.75, 3.05) is 25.1 Å². The first-order valence-corrected chi connectivity index (χ1v) is 7.37. The molecule has 4 nitrogen and oxygen atoms in total. The number of rotatable bonds is 9. The zero-order valence-electron chi connectivity index (χ0n) is 12.4. The summed E-state index contributed by atoms with van der Waals surface area (Å²) in [6.07, 6.45) is 5.55. The topological polar surface area (TPSA) is 39.1 Å². The van der Waals surface area contributed by atoms with Gasteiger partial charge in [-0.3, -0.25) is 0 Å². The van der Waals surface area contributed by atoms with Crippen LogP contribution in [-0.2, 0) is 17.7 Å². The summed E-state index contributed by atoms with van der Waals surface area (Å²) in [4.78, 5) is 4.31. The van der Waals surface area contributed by atoms with E-state index >= 15 is 0 Å². The predicted molar refractivity (Wildman–Crippen MR) is 81.9 cm³/mol. The van der Waals surface area contributed by atoms with Gasteiger partial charge in [0.15, 0.2) is 0 Å². The summed E-state index contributed by atoms with van der Waals surface area (Å²) in [6, 6.07) is 6.63. The molecule has 0 aliphatic heterocycles. The van der Waals surface area contributed by atoms with Crippen LogP contribution < -0.4 is 5.32 Å². The lowest BCUT2D eigenvalue weighted by atomic mass is 10.1. The molecule has 2 aromatic rings. The number of nitrogens with one attached hydrogen (secondary N) is 1. The summed E-state index contributed by atoms with van der Waals surface area (Å²) in [6.45, 7) is 5.18. The van der Waals surface area contributed by atoms with E-state index in [1.54, 1.807) is 6.20 Å². The largest absolute Gasteiger partial charge is 0.382 e. The van der Waals surface area contributed by atoms with Crippen molar-refractivity contribution in [1.82, 2.24) is 9.55 Å². The number of halogens is 1. The normalized spacial score (nSPS) is 10.8. The standard InChI is InChI=1S/C16H22FN3O/c1-2-21-13-3-9-18-16-19-10-12-20(16)11-8-14-4-6-15(17)7-5-14/h4-7,10,12H,2-3,8-9,11,13H2,1H3,(H,18,19). The third-order valence-electron chi connectivity index (χ3n) is 3.22. The first-order chi connectivity index (χ1) is 10.3. The van der Waals surface area contributed by atoms with Crippen LogP contribution in [-0.4, -0.2) is 29.3 Å². The molecule has 21 heavy (non-hydrogen) atoms. The molecule has 0 aliphatic carbocycles. The van der Waals surface area contributed by atoms with E-state index in [0.717, 1.165) is 50.7 Å². The Balaban J connectivity index is 1.78. The van der Waals surface area contributed by atoms with E-state index in [2.05, 4.69) is 14.9 Å². The van der Waals surface area contributed by atoms with Crippen LogP contribution in [0.4, 0.5) is 10.3 Å². The number of benzene rings is 1. The molecule has 2 rings (SSSR count). The van der Waals surface area contributed by atoms with Crippen molar-refractivity contribution in [3.63, 3.8) is 0 Å². The minimum absolute atomic E-state index is 0.196. The van der Waals surface area contributed by atoms with Gasteiger partial charge in [0, 0.05) is 38.7 Å². The number of hydrogen-bond donors (Lipinski definition) is 1. The maximum absolute atomic E-state index is 12.9. The fourth-order valence-corrected chi connectivity index (χ4v) is 2.08. The molecule has 1 N–H and O–H groups in total. The molecule has 0 spiro atoms. The Labute approximate surface area is 125 Å². The highest BCUT2D eigenvalue weighted by atomic mass is 19.1. The molecule has 0 atom stereocenters. The van der Waals surface area contributed by atoms with E-state index in [0.29, 0.717) is 0 Å². The average molecular weight is 291 g/mol. The van der Waals surface area contributed by atoms with Crippen LogP contribution in [0.3, 0.4) is 0 Å². The van der Waals surface area contributed by atoms with Gasteiger partial charge in [-0.05, 0) is 37.5 Å². The molecule has 0 radical (unpaired) electrons. The first-order valence-electron chi connectivity index (χ1n) is 7.37. The summed E-state index contributed by atoms with van der Waals surface area (Å²) in [5, 5.41) is 3.31. The summed E-state index contributed by atoms with van der Waals surface area (Å²) < 4.78 is 20.2. The molecule has 1 aromatic heterocycles. The van der Waals surface area contributed by atoms with E-state index in [-0.39, 0.29) is 5.82 Å². The van der Waals surface area contributed by atoms with Crippen LogP contribution in [0.15, 0.2) is 36.7 Å². The number of hydrogen-bond acceptors (Lipinski definition) is 3. The Morgan fingerprint density at radius 3 is 2.86 bits per heavy atom. The third kappa shape index (κ3) is 5.19. The molecular weight excluding hydrogens is 269 g/mol. The second kappa shape index (κ2) is 8.42. The molecular formula is C16H22FN3O. The lowest BCUT2D eigenvalue weighted by molar-refractivity contribution is 0.147. The van der Waals surface area contributed by atoms with Crippen LogP contribution in [0.25, 0.3) is 0 Å². The Hall–Kier alpha value is -1.88. The van der Waals surface area contributed by atoms with Crippen LogP contribution in [0.5, 0.6) is 0 Å². The lowest BCUT2D eigenvalue weighted by Crippen LogP contribution is -2.11. The van der Waals surface area contributed by atoms with Crippen molar-refractivity contribution in [1.29, 1.82) is 0 Å². The quantitative estimate of drug-likeness (QED) is 0.722. The average Bonchev–Trinajstić information content (AvgIpc) is 2.94. The van der Waals surface area contributed by atoms with Crippen molar-refractivity contribution in [3.05, 3.63) is 48.0 Å². The van der Waals surface area contributed by atoms with Gasteiger partial charge in [-0.25, -0.2) is 9.37 Å². The Morgan fingerprint density at radius 1 is 1.29 bits per heavy atom. The maximum Gasteiger partial charge on any atom is 0.202 e. The molecule has 0 fully saturated rings. The number of aryl methyl sites for hydroxylation is 2. The monoisotopic (exact) mass is 291 g/mol. The van der Waals surface area contributed by atoms with Crippen LogP contribution in [0.1, 0.15) is 18.9 Å². The summed E-state index contributed by atoms with van der Waals surface area (Å²) in [5.74, 6) is 0.673. The van der Waals surface area contributed by atoms with Gasteiger partial charge < -0.3 is 14.6 Å². The van der Waals surface area contributed by atoms with Gasteiger partial charge in [-0.15, -0.1) is 0 Å². The van der Waals surface area contributed by atoms with Gasteiger partial charge in [-0.2, -0.15) is 0 Å². The number of imidazole rings is 1. The highest BCUT2D eigenvalue weighted by Gasteiger charge is 2.02. The molecule has 0 amide bonds. The van der Waals surface area contributed by atoms with E-state index in [4.69, 9.17) is 4.74 Å². The number of ether oxygens (including phenoxy) is 1. The van der Waals surface area contributed by atoms with Crippen LogP contribution in [0, 0.1) is 5.82 Å². The molecule has 1 heterocycles. The number of anilines is 1. The summed E-state index contributed by atoms with van der Waals surface area (Å²) >= 11 is 0. The second-order valence-corrected chi connectivity index (χ2v) is 4.80.